The van der Waals surface area contributed by atoms with Crippen LogP contribution in [0.1, 0.15) is 62.5 Å². The third kappa shape index (κ3) is 4.24. The van der Waals surface area contributed by atoms with Crippen molar-refractivity contribution in [2.75, 3.05) is 16.0 Å². The van der Waals surface area contributed by atoms with E-state index in [1.165, 1.54) is 31.2 Å². The SMILES string of the molecule is CCC1Nc2ccc(C(=O)OC(C)C(=O)Nc3cccc4c3C(=O)c3ccccc3C4=O)cc2NC1=O. The summed E-state index contributed by atoms with van der Waals surface area (Å²) >= 11 is 0. The molecular formula is C28H23N3O6. The van der Waals surface area contributed by atoms with Crippen molar-refractivity contribution in [3.63, 3.8) is 0 Å². The second kappa shape index (κ2) is 9.34. The molecule has 0 fully saturated rings. The van der Waals surface area contributed by atoms with E-state index in [2.05, 4.69) is 16.0 Å². The Balaban J connectivity index is 1.31. The number of hydrogen-bond acceptors (Lipinski definition) is 7. The summed E-state index contributed by atoms with van der Waals surface area (Å²) < 4.78 is 5.34. The Kier molecular flexibility index (Phi) is 6.04. The molecule has 3 N–H and O–H groups in total. The Morgan fingerprint density at radius 3 is 2.35 bits per heavy atom. The number of anilines is 3. The molecule has 2 amide bonds. The maximum absolute atomic E-state index is 13.1. The summed E-state index contributed by atoms with van der Waals surface area (Å²) in [5.74, 6) is -2.30. The van der Waals surface area contributed by atoms with Crippen molar-refractivity contribution in [1.82, 2.24) is 0 Å². The van der Waals surface area contributed by atoms with Gasteiger partial charge >= 0.3 is 5.97 Å². The molecule has 5 rings (SSSR count). The van der Waals surface area contributed by atoms with Crippen LogP contribution in [0.25, 0.3) is 0 Å². The van der Waals surface area contributed by atoms with Gasteiger partial charge in [0.05, 0.1) is 28.2 Å². The molecule has 1 aliphatic heterocycles. The average molecular weight is 498 g/mol. The van der Waals surface area contributed by atoms with E-state index < -0.39 is 18.0 Å². The van der Waals surface area contributed by atoms with Crippen LogP contribution in [0.5, 0.6) is 0 Å². The minimum atomic E-state index is -1.21. The number of amides is 2. The number of rotatable bonds is 5. The fourth-order valence-corrected chi connectivity index (χ4v) is 4.43. The standard InChI is InChI=1S/C28H23N3O6/c1-3-19-27(35)31-22-13-15(11-12-20(22)29-19)28(36)37-14(2)26(34)30-21-10-6-9-18-23(21)25(33)17-8-5-4-7-16(17)24(18)32/h4-14,19,29H,3H2,1-2H3,(H,30,34)(H,31,35). The molecule has 1 aliphatic carbocycles. The summed E-state index contributed by atoms with van der Waals surface area (Å²) in [7, 11) is 0. The first-order valence-electron chi connectivity index (χ1n) is 11.8. The van der Waals surface area contributed by atoms with Gasteiger partial charge in [0.25, 0.3) is 5.91 Å². The Morgan fingerprint density at radius 2 is 1.62 bits per heavy atom. The van der Waals surface area contributed by atoms with Crippen molar-refractivity contribution >= 4 is 46.4 Å². The number of carbonyl (C=O) groups is 5. The van der Waals surface area contributed by atoms with Gasteiger partial charge < -0.3 is 20.7 Å². The van der Waals surface area contributed by atoms with E-state index in [-0.39, 0.29) is 51.5 Å². The Labute approximate surface area is 212 Å². The van der Waals surface area contributed by atoms with Crippen molar-refractivity contribution in [3.05, 3.63) is 88.5 Å². The molecule has 186 valence electrons. The van der Waals surface area contributed by atoms with E-state index in [0.29, 0.717) is 23.4 Å². The highest BCUT2D eigenvalue weighted by molar-refractivity contribution is 6.30. The number of hydrogen-bond donors (Lipinski definition) is 3. The molecule has 0 radical (unpaired) electrons. The number of fused-ring (bicyclic) bond motifs is 3. The van der Waals surface area contributed by atoms with Crippen LogP contribution in [0.3, 0.4) is 0 Å². The number of benzene rings is 3. The summed E-state index contributed by atoms with van der Waals surface area (Å²) in [5.41, 5.74) is 2.32. The Morgan fingerprint density at radius 1 is 0.919 bits per heavy atom. The van der Waals surface area contributed by atoms with Crippen molar-refractivity contribution in [2.24, 2.45) is 0 Å². The molecule has 3 aromatic carbocycles. The van der Waals surface area contributed by atoms with Gasteiger partial charge in [-0.2, -0.15) is 0 Å². The second-order valence-corrected chi connectivity index (χ2v) is 8.82. The van der Waals surface area contributed by atoms with E-state index in [1.54, 1.807) is 36.4 Å². The highest BCUT2D eigenvalue weighted by Crippen LogP contribution is 2.32. The van der Waals surface area contributed by atoms with Crippen LogP contribution in [0.15, 0.2) is 60.7 Å². The predicted octanol–water partition coefficient (Wildman–Crippen LogP) is 3.79. The zero-order chi connectivity index (χ0) is 26.3. The molecule has 9 heteroatoms. The molecule has 2 unspecified atom stereocenters. The maximum atomic E-state index is 13.1. The molecule has 9 nitrogen and oxygen atoms in total. The molecule has 0 saturated carbocycles. The lowest BCUT2D eigenvalue weighted by Gasteiger charge is -2.26. The van der Waals surface area contributed by atoms with Gasteiger partial charge in [0, 0.05) is 16.7 Å². The van der Waals surface area contributed by atoms with Gasteiger partial charge in [0.2, 0.25) is 5.91 Å². The van der Waals surface area contributed by atoms with Crippen LogP contribution in [-0.4, -0.2) is 41.5 Å². The molecule has 2 aliphatic rings. The highest BCUT2D eigenvalue weighted by atomic mass is 16.5. The summed E-state index contributed by atoms with van der Waals surface area (Å²) in [6.45, 7) is 3.29. The van der Waals surface area contributed by atoms with E-state index in [9.17, 15) is 24.0 Å². The third-order valence-corrected chi connectivity index (χ3v) is 6.43. The predicted molar refractivity (Wildman–Crippen MR) is 136 cm³/mol. The minimum Gasteiger partial charge on any atom is -0.449 e. The minimum absolute atomic E-state index is 0.0985. The van der Waals surface area contributed by atoms with Crippen molar-refractivity contribution in [1.29, 1.82) is 0 Å². The first-order chi connectivity index (χ1) is 17.8. The smallest absolute Gasteiger partial charge is 0.338 e. The van der Waals surface area contributed by atoms with Gasteiger partial charge in [-0.25, -0.2) is 4.79 Å². The van der Waals surface area contributed by atoms with Gasteiger partial charge in [0.1, 0.15) is 6.04 Å². The van der Waals surface area contributed by atoms with Gasteiger partial charge in [-0.3, -0.25) is 19.2 Å². The van der Waals surface area contributed by atoms with Gasteiger partial charge in [-0.1, -0.05) is 43.3 Å². The highest BCUT2D eigenvalue weighted by Gasteiger charge is 2.32. The molecular weight excluding hydrogens is 474 g/mol. The fraction of sp³-hybridized carbons (Fsp3) is 0.179. The fourth-order valence-electron chi connectivity index (χ4n) is 4.43. The molecule has 0 aromatic heterocycles. The quantitative estimate of drug-likeness (QED) is 0.358. The maximum Gasteiger partial charge on any atom is 0.338 e. The summed E-state index contributed by atoms with van der Waals surface area (Å²) in [6.07, 6.45) is -0.600. The first kappa shape index (κ1) is 23.9. The lowest BCUT2D eigenvalue weighted by Crippen LogP contribution is -2.38. The number of ether oxygens (including phenoxy) is 1. The number of ketones is 2. The van der Waals surface area contributed by atoms with Crippen LogP contribution >= 0.6 is 0 Å². The zero-order valence-electron chi connectivity index (χ0n) is 20.1. The molecule has 0 spiro atoms. The summed E-state index contributed by atoms with van der Waals surface area (Å²) in [6, 6.07) is 15.5. The van der Waals surface area contributed by atoms with Crippen molar-refractivity contribution < 1.29 is 28.7 Å². The van der Waals surface area contributed by atoms with Crippen LogP contribution < -0.4 is 16.0 Å². The Bertz CT molecular complexity index is 1490. The van der Waals surface area contributed by atoms with Crippen LogP contribution in [0, 0.1) is 0 Å². The summed E-state index contributed by atoms with van der Waals surface area (Å²) in [5, 5.41) is 8.49. The molecule has 0 saturated heterocycles. The third-order valence-electron chi connectivity index (χ3n) is 6.43. The zero-order valence-corrected chi connectivity index (χ0v) is 20.1. The number of nitrogens with one attached hydrogen (secondary N) is 3. The monoisotopic (exact) mass is 497 g/mol. The van der Waals surface area contributed by atoms with E-state index in [0.717, 1.165) is 0 Å². The summed E-state index contributed by atoms with van der Waals surface area (Å²) in [4.78, 5) is 63.8. The molecule has 3 aromatic rings. The Hall–Kier alpha value is -4.79. The van der Waals surface area contributed by atoms with Crippen LogP contribution in [0.2, 0.25) is 0 Å². The largest absolute Gasteiger partial charge is 0.449 e. The van der Waals surface area contributed by atoms with Crippen molar-refractivity contribution in [3.8, 4) is 0 Å². The lowest BCUT2D eigenvalue weighted by molar-refractivity contribution is -0.123. The lowest BCUT2D eigenvalue weighted by atomic mass is 9.83. The normalized spacial score (nSPS) is 16.4. The molecule has 1 heterocycles. The van der Waals surface area contributed by atoms with Crippen LogP contribution in [0.4, 0.5) is 17.1 Å². The van der Waals surface area contributed by atoms with Gasteiger partial charge in [0.15, 0.2) is 17.7 Å². The first-order valence-corrected chi connectivity index (χ1v) is 11.8. The van der Waals surface area contributed by atoms with E-state index in [1.807, 2.05) is 6.92 Å². The number of esters is 1. The topological polar surface area (TPSA) is 131 Å². The number of carbonyl (C=O) groups excluding carboxylic acids is 5. The average Bonchev–Trinajstić information content (AvgIpc) is 2.90. The van der Waals surface area contributed by atoms with E-state index in [4.69, 9.17) is 4.74 Å². The molecule has 2 atom stereocenters. The second-order valence-electron chi connectivity index (χ2n) is 8.82. The molecule has 0 bridgehead atoms. The van der Waals surface area contributed by atoms with Crippen LogP contribution in [-0.2, 0) is 14.3 Å². The van der Waals surface area contributed by atoms with E-state index >= 15 is 0 Å². The van der Waals surface area contributed by atoms with Gasteiger partial charge in [-0.15, -0.1) is 0 Å². The molecule has 37 heavy (non-hydrogen) atoms. The van der Waals surface area contributed by atoms with Crippen molar-refractivity contribution in [2.45, 2.75) is 32.4 Å². The van der Waals surface area contributed by atoms with Gasteiger partial charge in [-0.05, 0) is 37.6 Å².